The van der Waals surface area contributed by atoms with Gasteiger partial charge in [-0.1, -0.05) is 38.1 Å². The van der Waals surface area contributed by atoms with Crippen molar-refractivity contribution in [2.75, 3.05) is 6.54 Å². The fraction of sp³-hybridized carbons (Fsp3) is 0.333. The molecule has 0 fully saturated rings. The van der Waals surface area contributed by atoms with Gasteiger partial charge in [-0.05, 0) is 39.0 Å². The Bertz CT molecular complexity index is 754. The number of rotatable bonds is 6. The van der Waals surface area contributed by atoms with Crippen molar-refractivity contribution < 1.29 is 4.79 Å². The van der Waals surface area contributed by atoms with Crippen LogP contribution >= 0.6 is 15.9 Å². The molecule has 0 aliphatic carbocycles. The summed E-state index contributed by atoms with van der Waals surface area (Å²) < 4.78 is 2.10. The van der Waals surface area contributed by atoms with Crippen LogP contribution in [0.2, 0.25) is 0 Å². The average molecular weight is 392 g/mol. The van der Waals surface area contributed by atoms with Gasteiger partial charge in [0.25, 0.3) is 5.56 Å². The van der Waals surface area contributed by atoms with Crippen LogP contribution in [0.3, 0.4) is 0 Å². The Morgan fingerprint density at radius 1 is 1.17 bits per heavy atom. The van der Waals surface area contributed by atoms with E-state index >= 15 is 0 Å². The molecule has 2 rings (SSSR count). The Hall–Kier alpha value is -1.92. The molecule has 6 heteroatoms. The van der Waals surface area contributed by atoms with E-state index in [0.717, 1.165) is 10.0 Å². The third-order valence-corrected chi connectivity index (χ3v) is 4.28. The molecule has 0 saturated heterocycles. The standard InChI is InChI=1S/C18H22BrN3O2/c1-12(2)13-3-5-14(6-4-13)16(20)9-21-17(23)11-22-10-15(19)7-8-18(22)24/h3-8,10,12,16H,9,11,20H2,1-2H3,(H,21,23). The van der Waals surface area contributed by atoms with E-state index in [2.05, 4.69) is 47.2 Å². The number of carbonyl (C=O) groups excluding carboxylic acids is 1. The number of nitrogens with one attached hydrogen (secondary N) is 1. The van der Waals surface area contributed by atoms with E-state index in [0.29, 0.717) is 12.5 Å². The van der Waals surface area contributed by atoms with Gasteiger partial charge in [-0.15, -0.1) is 0 Å². The Morgan fingerprint density at radius 3 is 2.42 bits per heavy atom. The lowest BCUT2D eigenvalue weighted by Gasteiger charge is -2.15. The molecule has 0 aliphatic heterocycles. The number of aromatic nitrogens is 1. The molecule has 1 unspecified atom stereocenters. The summed E-state index contributed by atoms with van der Waals surface area (Å²) in [4.78, 5) is 23.7. The summed E-state index contributed by atoms with van der Waals surface area (Å²) in [7, 11) is 0. The normalized spacial score (nSPS) is 12.2. The smallest absolute Gasteiger partial charge is 0.251 e. The van der Waals surface area contributed by atoms with Gasteiger partial charge >= 0.3 is 0 Å². The molecule has 1 aromatic heterocycles. The summed E-state index contributed by atoms with van der Waals surface area (Å²) in [6.45, 7) is 4.57. The number of pyridine rings is 1. The van der Waals surface area contributed by atoms with E-state index in [1.54, 1.807) is 12.3 Å². The zero-order valence-electron chi connectivity index (χ0n) is 13.8. The number of carbonyl (C=O) groups is 1. The van der Waals surface area contributed by atoms with Crippen LogP contribution < -0.4 is 16.6 Å². The fourth-order valence-electron chi connectivity index (χ4n) is 2.31. The summed E-state index contributed by atoms with van der Waals surface area (Å²) in [5, 5.41) is 2.77. The van der Waals surface area contributed by atoms with E-state index in [1.807, 2.05) is 12.1 Å². The van der Waals surface area contributed by atoms with E-state index < -0.39 is 0 Å². The van der Waals surface area contributed by atoms with E-state index in [1.165, 1.54) is 16.2 Å². The second-order valence-corrected chi connectivity index (χ2v) is 6.96. The van der Waals surface area contributed by atoms with Gasteiger partial charge in [0.1, 0.15) is 6.54 Å². The highest BCUT2D eigenvalue weighted by Gasteiger charge is 2.10. The van der Waals surface area contributed by atoms with E-state index in [9.17, 15) is 9.59 Å². The van der Waals surface area contributed by atoms with Crippen molar-refractivity contribution >= 4 is 21.8 Å². The quantitative estimate of drug-likeness (QED) is 0.793. The molecule has 1 heterocycles. The molecule has 3 N–H and O–H groups in total. The van der Waals surface area contributed by atoms with Crippen LogP contribution in [-0.2, 0) is 11.3 Å². The van der Waals surface area contributed by atoms with Crippen LogP contribution in [0, 0.1) is 0 Å². The van der Waals surface area contributed by atoms with Gasteiger partial charge < -0.3 is 15.6 Å². The minimum absolute atomic E-state index is 0.0305. The molecule has 0 spiro atoms. The molecular weight excluding hydrogens is 370 g/mol. The van der Waals surface area contributed by atoms with Crippen LogP contribution in [0.1, 0.15) is 36.9 Å². The molecular formula is C18H22BrN3O2. The van der Waals surface area contributed by atoms with Gasteiger partial charge in [-0.25, -0.2) is 0 Å². The number of nitrogens with zero attached hydrogens (tertiary/aromatic N) is 1. The first kappa shape index (κ1) is 18.4. The van der Waals surface area contributed by atoms with Gasteiger partial charge in [-0.3, -0.25) is 9.59 Å². The maximum Gasteiger partial charge on any atom is 0.251 e. The summed E-state index contributed by atoms with van der Waals surface area (Å²) in [6, 6.07) is 10.9. The Kier molecular flexibility index (Phi) is 6.34. The molecule has 1 atom stereocenters. The highest BCUT2D eigenvalue weighted by atomic mass is 79.9. The first-order chi connectivity index (χ1) is 11.4. The molecule has 1 aromatic carbocycles. The summed E-state index contributed by atoms with van der Waals surface area (Å²) in [5.74, 6) is 0.225. The van der Waals surface area contributed by atoms with Crippen molar-refractivity contribution in [1.82, 2.24) is 9.88 Å². The monoisotopic (exact) mass is 391 g/mol. The lowest BCUT2D eigenvalue weighted by atomic mass is 9.99. The highest BCUT2D eigenvalue weighted by molar-refractivity contribution is 9.10. The molecule has 24 heavy (non-hydrogen) atoms. The maximum atomic E-state index is 12.0. The molecule has 0 radical (unpaired) electrons. The van der Waals surface area contributed by atoms with Crippen LogP contribution in [-0.4, -0.2) is 17.0 Å². The number of hydrogen-bond acceptors (Lipinski definition) is 3. The van der Waals surface area contributed by atoms with Gasteiger partial charge in [0.05, 0.1) is 0 Å². The predicted molar refractivity (Wildman–Crippen MR) is 98.9 cm³/mol. The first-order valence-electron chi connectivity index (χ1n) is 7.85. The number of hydrogen-bond donors (Lipinski definition) is 2. The molecule has 1 amide bonds. The fourth-order valence-corrected chi connectivity index (χ4v) is 2.69. The minimum Gasteiger partial charge on any atom is -0.353 e. The zero-order chi connectivity index (χ0) is 17.7. The largest absolute Gasteiger partial charge is 0.353 e. The van der Waals surface area contributed by atoms with Crippen molar-refractivity contribution in [3.8, 4) is 0 Å². The summed E-state index contributed by atoms with van der Waals surface area (Å²) >= 11 is 3.28. The SMILES string of the molecule is CC(C)c1ccc(C(N)CNC(=O)Cn2cc(Br)ccc2=O)cc1. The molecule has 2 aromatic rings. The molecule has 0 saturated carbocycles. The second-order valence-electron chi connectivity index (χ2n) is 6.05. The minimum atomic E-state index is -0.283. The average Bonchev–Trinajstić information content (AvgIpc) is 2.56. The van der Waals surface area contributed by atoms with Crippen molar-refractivity contribution in [1.29, 1.82) is 0 Å². The third-order valence-electron chi connectivity index (χ3n) is 3.81. The lowest BCUT2D eigenvalue weighted by molar-refractivity contribution is -0.121. The summed E-state index contributed by atoms with van der Waals surface area (Å²) in [6.07, 6.45) is 1.59. The molecule has 0 bridgehead atoms. The predicted octanol–water partition coefficient (Wildman–Crippen LogP) is 2.55. The number of benzene rings is 1. The van der Waals surface area contributed by atoms with E-state index in [-0.39, 0.29) is 24.1 Å². The third kappa shape index (κ3) is 5.04. The topological polar surface area (TPSA) is 77.1 Å². The van der Waals surface area contributed by atoms with Crippen LogP contribution in [0.15, 0.2) is 51.9 Å². The van der Waals surface area contributed by atoms with Crippen LogP contribution in [0.25, 0.3) is 0 Å². The lowest BCUT2D eigenvalue weighted by Crippen LogP contribution is -2.36. The van der Waals surface area contributed by atoms with Crippen LogP contribution in [0.4, 0.5) is 0 Å². The van der Waals surface area contributed by atoms with Gasteiger partial charge in [0.15, 0.2) is 0 Å². The first-order valence-corrected chi connectivity index (χ1v) is 8.64. The van der Waals surface area contributed by atoms with Gasteiger partial charge in [-0.2, -0.15) is 0 Å². The second kappa shape index (κ2) is 8.26. The molecule has 128 valence electrons. The molecule has 0 aliphatic rings. The number of halogens is 1. The number of nitrogens with two attached hydrogens (primary N) is 1. The van der Waals surface area contributed by atoms with E-state index in [4.69, 9.17) is 5.73 Å². The highest BCUT2D eigenvalue weighted by Crippen LogP contribution is 2.17. The molecule has 5 nitrogen and oxygen atoms in total. The van der Waals surface area contributed by atoms with Crippen molar-refractivity contribution in [3.05, 3.63) is 68.5 Å². The zero-order valence-corrected chi connectivity index (χ0v) is 15.4. The maximum absolute atomic E-state index is 12.0. The summed E-state index contributed by atoms with van der Waals surface area (Å²) in [5.41, 5.74) is 8.13. The van der Waals surface area contributed by atoms with Crippen LogP contribution in [0.5, 0.6) is 0 Å². The van der Waals surface area contributed by atoms with Gasteiger partial charge in [0, 0.05) is 29.3 Å². The Morgan fingerprint density at radius 2 is 1.79 bits per heavy atom. The Labute approximate surface area is 150 Å². The van der Waals surface area contributed by atoms with Crippen molar-refractivity contribution in [3.63, 3.8) is 0 Å². The Balaban J connectivity index is 1.91. The van der Waals surface area contributed by atoms with Gasteiger partial charge in [0.2, 0.25) is 5.91 Å². The van der Waals surface area contributed by atoms with Crippen molar-refractivity contribution in [2.24, 2.45) is 5.73 Å². The van der Waals surface area contributed by atoms with Crippen molar-refractivity contribution in [2.45, 2.75) is 32.4 Å². The number of amides is 1.